The molecule has 0 spiro atoms. The van der Waals surface area contributed by atoms with Crippen LogP contribution in [-0.4, -0.2) is 45.2 Å². The van der Waals surface area contributed by atoms with Crippen molar-refractivity contribution in [1.82, 2.24) is 4.98 Å². The van der Waals surface area contributed by atoms with E-state index in [1.165, 1.54) is 0 Å². The first kappa shape index (κ1) is 13.4. The predicted molar refractivity (Wildman–Crippen MR) is 64.1 cm³/mol. The van der Waals surface area contributed by atoms with Crippen LogP contribution in [0.4, 0.5) is 0 Å². The van der Waals surface area contributed by atoms with Crippen LogP contribution in [0, 0.1) is 6.92 Å². The molecule has 1 aromatic heterocycles. The zero-order valence-electron chi connectivity index (χ0n) is 8.72. The number of sulfone groups is 1. The second-order valence-electron chi connectivity index (χ2n) is 3.23. The van der Waals surface area contributed by atoms with E-state index in [1.54, 1.807) is 18.5 Å². The van der Waals surface area contributed by atoms with E-state index in [0.717, 1.165) is 5.56 Å². The molecule has 1 radical (unpaired) electrons. The molecule has 1 aromatic rings. The summed E-state index contributed by atoms with van der Waals surface area (Å²) >= 11 is -0.911. The number of hydrogen-bond acceptors (Lipinski definition) is 4. The number of carbonyl (C=O) groups is 1. The van der Waals surface area contributed by atoms with Gasteiger partial charge in [-0.2, -0.15) is 0 Å². The molecule has 0 aliphatic heterocycles. The van der Waals surface area contributed by atoms with Crippen LogP contribution in [0.5, 0.6) is 0 Å². The van der Waals surface area contributed by atoms with E-state index in [1.807, 2.05) is 6.07 Å². The van der Waals surface area contributed by atoms with Crippen LogP contribution in [0.3, 0.4) is 0 Å². The molecule has 1 unspecified atom stereocenters. The second kappa shape index (κ2) is 6.16. The summed E-state index contributed by atoms with van der Waals surface area (Å²) in [7, 11) is -3.27. The zero-order valence-corrected chi connectivity index (χ0v) is 11.6. The van der Waals surface area contributed by atoms with Crippen molar-refractivity contribution in [3.8, 4) is 0 Å². The summed E-state index contributed by atoms with van der Waals surface area (Å²) in [6.45, 7) is 3.29. The Morgan fingerprint density at radius 2 is 2.25 bits per heavy atom. The summed E-state index contributed by atoms with van der Waals surface area (Å²) in [5.74, 6) is -0.561. The van der Waals surface area contributed by atoms with Crippen LogP contribution in [0.1, 0.15) is 5.56 Å². The van der Waals surface area contributed by atoms with E-state index in [2.05, 4.69) is 11.9 Å². The van der Waals surface area contributed by atoms with Crippen molar-refractivity contribution in [1.29, 1.82) is 0 Å². The summed E-state index contributed by atoms with van der Waals surface area (Å²) < 4.78 is 22.1. The molecule has 1 rings (SSSR count). The first-order valence-corrected chi connectivity index (χ1v) is 9.04. The summed E-state index contributed by atoms with van der Waals surface area (Å²) in [4.78, 5) is 15.4. The monoisotopic (exact) mass is 302 g/mol. The van der Waals surface area contributed by atoms with Crippen molar-refractivity contribution < 1.29 is 13.2 Å². The molecule has 0 aliphatic rings. The first-order chi connectivity index (χ1) is 7.53. The Morgan fingerprint density at radius 1 is 1.50 bits per heavy atom. The summed E-state index contributed by atoms with van der Waals surface area (Å²) in [6, 6.07) is 3.69. The summed E-state index contributed by atoms with van der Waals surface area (Å²) in [5, 5.41) is 0.652. The molecule has 0 saturated heterocycles. The predicted octanol–water partition coefficient (Wildman–Crippen LogP) is -0.206. The number of hydrogen-bond donors (Lipinski definition) is 0. The SMILES string of the molecule is [CH2]CS(=O)(=O)CC(=O)[AsH]Cc1cccnc1. The third-order valence-electron chi connectivity index (χ3n) is 1.87. The van der Waals surface area contributed by atoms with Gasteiger partial charge in [0.15, 0.2) is 0 Å². The van der Waals surface area contributed by atoms with Crippen molar-refractivity contribution in [3.05, 3.63) is 37.0 Å². The molecule has 1 atom stereocenters. The number of nitrogens with zero attached hydrogens (tertiary/aromatic N) is 1. The fourth-order valence-corrected chi connectivity index (χ4v) is 4.98. The van der Waals surface area contributed by atoms with Crippen molar-refractivity contribution in [3.63, 3.8) is 0 Å². The van der Waals surface area contributed by atoms with Crippen molar-refractivity contribution in [2.24, 2.45) is 0 Å². The number of aromatic nitrogens is 1. The Morgan fingerprint density at radius 3 is 2.81 bits per heavy atom. The molecule has 87 valence electrons. The number of rotatable bonds is 6. The van der Waals surface area contributed by atoms with Gasteiger partial charge in [-0.05, 0) is 0 Å². The third kappa shape index (κ3) is 4.90. The van der Waals surface area contributed by atoms with E-state index in [0.29, 0.717) is 5.21 Å². The molecule has 0 aliphatic carbocycles. The fourth-order valence-electron chi connectivity index (χ4n) is 1.03. The van der Waals surface area contributed by atoms with Crippen molar-refractivity contribution in [2.45, 2.75) is 5.21 Å². The van der Waals surface area contributed by atoms with Gasteiger partial charge in [0.05, 0.1) is 0 Å². The van der Waals surface area contributed by atoms with E-state index >= 15 is 0 Å². The molecule has 0 bridgehead atoms. The van der Waals surface area contributed by atoms with Crippen molar-refractivity contribution >= 4 is 30.2 Å². The van der Waals surface area contributed by atoms with Gasteiger partial charge in [-0.3, -0.25) is 0 Å². The van der Waals surface area contributed by atoms with Gasteiger partial charge in [0.25, 0.3) is 0 Å². The zero-order chi connectivity index (χ0) is 12.0. The van der Waals surface area contributed by atoms with Gasteiger partial charge in [-0.15, -0.1) is 0 Å². The van der Waals surface area contributed by atoms with Crippen LogP contribution < -0.4 is 0 Å². The Bertz CT molecular complexity index is 444. The quantitative estimate of drug-likeness (QED) is 0.682. The second-order valence-corrected chi connectivity index (χ2v) is 8.07. The molecule has 6 heteroatoms. The number of pyridine rings is 1. The Hall–Kier alpha value is -0.672. The Labute approximate surface area is 102 Å². The molecular weight excluding hydrogens is 289 g/mol. The molecule has 0 amide bonds. The van der Waals surface area contributed by atoms with Crippen LogP contribution in [-0.2, 0) is 19.8 Å². The van der Waals surface area contributed by atoms with Gasteiger partial charge in [-0.1, -0.05) is 0 Å². The molecule has 1 heterocycles. The van der Waals surface area contributed by atoms with Crippen LogP contribution in [0.25, 0.3) is 0 Å². The van der Waals surface area contributed by atoms with E-state index in [4.69, 9.17) is 0 Å². The standard InChI is InChI=1S/C10H13AsNO3S/c1-2-16(14,15)8-10(13)11-6-9-4-3-5-12-7-9/h3-5,7,11H,1-2,6,8H2. The van der Waals surface area contributed by atoms with Gasteiger partial charge >= 0.3 is 102 Å². The average Bonchev–Trinajstić information content (AvgIpc) is 2.27. The van der Waals surface area contributed by atoms with Gasteiger partial charge in [-0.25, -0.2) is 0 Å². The molecule has 4 nitrogen and oxygen atoms in total. The maximum atomic E-state index is 11.4. The fraction of sp³-hybridized carbons (Fsp3) is 0.300. The Balaban J connectivity index is 2.43. The van der Waals surface area contributed by atoms with Crippen LogP contribution in [0.2, 0.25) is 0 Å². The normalized spacial score (nSPS) is 12.1. The number of carbonyl (C=O) groups excluding carboxylic acids is 1. The van der Waals surface area contributed by atoms with Crippen LogP contribution >= 0.6 is 0 Å². The van der Waals surface area contributed by atoms with Gasteiger partial charge in [0.1, 0.15) is 0 Å². The summed E-state index contributed by atoms with van der Waals surface area (Å²) in [5.41, 5.74) is 0.989. The molecule has 0 N–H and O–H groups in total. The third-order valence-corrected chi connectivity index (χ3v) is 6.16. The average molecular weight is 302 g/mol. The molecular formula is C10H13AsNO3S. The van der Waals surface area contributed by atoms with E-state index in [9.17, 15) is 13.2 Å². The van der Waals surface area contributed by atoms with E-state index < -0.39 is 25.6 Å². The Kier molecular flexibility index (Phi) is 5.16. The van der Waals surface area contributed by atoms with Gasteiger partial charge in [0, 0.05) is 0 Å². The van der Waals surface area contributed by atoms with E-state index in [-0.39, 0.29) is 16.1 Å². The molecule has 16 heavy (non-hydrogen) atoms. The minimum atomic E-state index is -3.27. The van der Waals surface area contributed by atoms with Crippen LogP contribution in [0.15, 0.2) is 24.5 Å². The molecule has 0 saturated carbocycles. The molecule has 0 fully saturated rings. The topological polar surface area (TPSA) is 64.1 Å². The maximum absolute atomic E-state index is 11.4. The van der Waals surface area contributed by atoms with Crippen molar-refractivity contribution in [2.75, 3.05) is 11.5 Å². The first-order valence-electron chi connectivity index (χ1n) is 4.69. The van der Waals surface area contributed by atoms with Gasteiger partial charge < -0.3 is 0 Å². The minimum absolute atomic E-state index is 0.146. The molecule has 0 aromatic carbocycles. The summed E-state index contributed by atoms with van der Waals surface area (Å²) in [6.07, 6.45) is 3.37. The van der Waals surface area contributed by atoms with Gasteiger partial charge in [0.2, 0.25) is 0 Å².